The van der Waals surface area contributed by atoms with Crippen molar-refractivity contribution in [3.8, 4) is 44.5 Å². The van der Waals surface area contributed by atoms with E-state index in [1.807, 2.05) is 36.4 Å². The smallest absolute Gasteiger partial charge is 0.193 e. The summed E-state index contributed by atoms with van der Waals surface area (Å²) in [4.78, 5) is 29.0. The van der Waals surface area contributed by atoms with Gasteiger partial charge in [-0.2, -0.15) is 0 Å². The highest BCUT2D eigenvalue weighted by Crippen LogP contribution is 2.64. The van der Waals surface area contributed by atoms with Gasteiger partial charge in [-0.25, -0.2) is 0 Å². The van der Waals surface area contributed by atoms with E-state index in [4.69, 9.17) is 0 Å². The van der Waals surface area contributed by atoms with Crippen molar-refractivity contribution in [1.29, 1.82) is 0 Å². The third-order valence-electron chi connectivity index (χ3n) is 14.2. The van der Waals surface area contributed by atoms with E-state index in [1.165, 1.54) is 72.3 Å². The van der Waals surface area contributed by atoms with E-state index in [0.29, 0.717) is 22.3 Å². The first-order chi connectivity index (χ1) is 30.0. The van der Waals surface area contributed by atoms with E-state index in [1.54, 1.807) is 0 Å². The maximum Gasteiger partial charge on any atom is 0.193 e. The standard InChI is InChI=1S/C59H36O2/c1-35-22-29-45-47-31-28-39(34-55(47)59(53(45)32-35)51-20-10-4-14-42(51)43-15-5-11-21-52(43)59)57(61)37-25-23-36(24-26-37)56(60)38-27-30-46-44-16-6-9-19-50(44)58(54(46)33-38)48-17-7-2-12-40(48)41-13-3-8-18-49(41)58/h2-34H,1H3. The van der Waals surface area contributed by atoms with Crippen LogP contribution in [0.1, 0.15) is 81.9 Å². The molecule has 0 saturated carbocycles. The Bertz CT molecular complexity index is 3310. The van der Waals surface area contributed by atoms with Crippen LogP contribution in [0.15, 0.2) is 200 Å². The van der Waals surface area contributed by atoms with Crippen LogP contribution in [0.3, 0.4) is 0 Å². The molecule has 0 N–H and O–H groups in total. The van der Waals surface area contributed by atoms with Crippen molar-refractivity contribution in [2.45, 2.75) is 17.8 Å². The highest BCUT2D eigenvalue weighted by atomic mass is 16.1. The minimum absolute atomic E-state index is 0.0700. The molecule has 0 saturated heterocycles. The molecule has 4 aliphatic carbocycles. The molecule has 0 atom stereocenters. The van der Waals surface area contributed by atoms with Gasteiger partial charge >= 0.3 is 0 Å². The van der Waals surface area contributed by atoms with Crippen LogP contribution in [-0.2, 0) is 10.8 Å². The topological polar surface area (TPSA) is 34.1 Å². The second-order valence-electron chi connectivity index (χ2n) is 17.0. The minimum atomic E-state index is -0.533. The maximum absolute atomic E-state index is 14.5. The quantitative estimate of drug-likeness (QED) is 0.167. The van der Waals surface area contributed by atoms with Crippen LogP contribution in [0.25, 0.3) is 44.5 Å². The molecule has 2 spiro atoms. The summed E-state index contributed by atoms with van der Waals surface area (Å²) >= 11 is 0. The minimum Gasteiger partial charge on any atom is -0.289 e. The number of rotatable bonds is 4. The van der Waals surface area contributed by atoms with Crippen LogP contribution in [0.2, 0.25) is 0 Å². The summed E-state index contributed by atoms with van der Waals surface area (Å²) in [5, 5.41) is 0. The first kappa shape index (κ1) is 34.2. The molecular weight excluding hydrogens is 741 g/mol. The number of carbonyl (C=O) groups is 2. The zero-order valence-corrected chi connectivity index (χ0v) is 33.4. The van der Waals surface area contributed by atoms with Gasteiger partial charge in [-0.15, -0.1) is 0 Å². The summed E-state index contributed by atoms with van der Waals surface area (Å²) in [7, 11) is 0. The fourth-order valence-electron chi connectivity index (χ4n) is 11.7. The van der Waals surface area contributed by atoms with Crippen LogP contribution in [0, 0.1) is 6.92 Å². The molecule has 4 aliphatic rings. The van der Waals surface area contributed by atoms with Gasteiger partial charge in [0.25, 0.3) is 0 Å². The zero-order chi connectivity index (χ0) is 40.6. The van der Waals surface area contributed by atoms with Gasteiger partial charge in [-0.05, 0) is 108 Å². The summed E-state index contributed by atoms with van der Waals surface area (Å²) < 4.78 is 0. The van der Waals surface area contributed by atoms with E-state index in [0.717, 1.165) is 22.3 Å². The molecule has 0 amide bonds. The Hall–Kier alpha value is -7.68. The lowest BCUT2D eigenvalue weighted by molar-refractivity contribution is 0.102. The van der Waals surface area contributed by atoms with Gasteiger partial charge in [-0.1, -0.05) is 194 Å². The van der Waals surface area contributed by atoms with Gasteiger partial charge in [0, 0.05) is 22.3 Å². The number of hydrogen-bond donors (Lipinski definition) is 0. The van der Waals surface area contributed by atoms with Crippen LogP contribution in [0.4, 0.5) is 0 Å². The summed E-state index contributed by atoms with van der Waals surface area (Å²) in [6.45, 7) is 2.15. The Morgan fingerprint density at radius 2 is 0.541 bits per heavy atom. The molecular formula is C59H36O2. The van der Waals surface area contributed by atoms with E-state index in [9.17, 15) is 9.59 Å². The monoisotopic (exact) mass is 776 g/mol. The maximum atomic E-state index is 14.5. The lowest BCUT2D eigenvalue weighted by Gasteiger charge is -2.30. The Morgan fingerprint density at radius 3 is 0.902 bits per heavy atom. The molecule has 61 heavy (non-hydrogen) atoms. The first-order valence-electron chi connectivity index (χ1n) is 21.1. The molecule has 0 radical (unpaired) electrons. The van der Waals surface area contributed by atoms with Crippen molar-refractivity contribution < 1.29 is 9.59 Å². The predicted octanol–water partition coefficient (Wildman–Crippen LogP) is 13.1. The molecule has 0 unspecified atom stereocenters. The highest BCUT2D eigenvalue weighted by Gasteiger charge is 2.53. The highest BCUT2D eigenvalue weighted by molar-refractivity contribution is 6.13. The van der Waals surface area contributed by atoms with E-state index in [2.05, 4.69) is 171 Å². The SMILES string of the molecule is Cc1ccc2c(c1)C1(c3ccccc3-c3ccccc31)c1cc(C(=O)c3ccc(C(=O)c4ccc5c(c4)C4(c6ccccc6-c6ccccc64)c4ccccc4-5)cc3)ccc1-2. The fourth-order valence-corrected chi connectivity index (χ4v) is 11.7. The lowest BCUT2D eigenvalue weighted by atomic mass is 9.70. The Morgan fingerprint density at radius 1 is 0.279 bits per heavy atom. The number of ketones is 2. The van der Waals surface area contributed by atoms with Crippen LogP contribution in [0.5, 0.6) is 0 Å². The van der Waals surface area contributed by atoms with Crippen molar-refractivity contribution in [1.82, 2.24) is 0 Å². The van der Waals surface area contributed by atoms with E-state index >= 15 is 0 Å². The van der Waals surface area contributed by atoms with Gasteiger partial charge in [0.05, 0.1) is 10.8 Å². The molecule has 0 fully saturated rings. The molecule has 0 aromatic heterocycles. The molecule has 2 nitrogen and oxygen atoms in total. The molecule has 0 aliphatic heterocycles. The van der Waals surface area contributed by atoms with Gasteiger partial charge in [0.15, 0.2) is 11.6 Å². The van der Waals surface area contributed by atoms with Crippen molar-refractivity contribution in [3.63, 3.8) is 0 Å². The van der Waals surface area contributed by atoms with Gasteiger partial charge in [0.1, 0.15) is 0 Å². The molecule has 13 rings (SSSR count). The molecule has 9 aromatic rings. The largest absolute Gasteiger partial charge is 0.289 e. The van der Waals surface area contributed by atoms with Crippen molar-refractivity contribution >= 4 is 11.6 Å². The third kappa shape index (κ3) is 4.26. The number of carbonyl (C=O) groups excluding carboxylic acids is 2. The molecule has 0 heterocycles. The molecule has 9 aromatic carbocycles. The molecule has 2 heteroatoms. The Labute approximate surface area is 354 Å². The second-order valence-corrected chi connectivity index (χ2v) is 17.0. The first-order valence-corrected chi connectivity index (χ1v) is 21.1. The molecule has 284 valence electrons. The summed E-state index contributed by atoms with van der Waals surface area (Å²) in [6, 6.07) is 69.9. The fraction of sp³-hybridized carbons (Fsp3) is 0.0508. The Balaban J connectivity index is 0.883. The van der Waals surface area contributed by atoms with Gasteiger partial charge < -0.3 is 0 Å². The van der Waals surface area contributed by atoms with E-state index < -0.39 is 10.8 Å². The number of benzene rings is 9. The van der Waals surface area contributed by atoms with Gasteiger partial charge in [-0.3, -0.25) is 9.59 Å². The van der Waals surface area contributed by atoms with Gasteiger partial charge in [0.2, 0.25) is 0 Å². The third-order valence-corrected chi connectivity index (χ3v) is 14.2. The average Bonchev–Trinajstić information content (AvgIpc) is 3.99. The predicted molar refractivity (Wildman–Crippen MR) is 244 cm³/mol. The average molecular weight is 777 g/mol. The van der Waals surface area contributed by atoms with E-state index in [-0.39, 0.29) is 11.6 Å². The Kier molecular flexibility index (Phi) is 6.84. The zero-order valence-electron chi connectivity index (χ0n) is 33.4. The normalized spacial score (nSPS) is 14.4. The number of fused-ring (bicyclic) bond motifs is 20. The number of aryl methyl sites for hydroxylation is 1. The number of hydrogen-bond acceptors (Lipinski definition) is 2. The summed E-state index contributed by atoms with van der Waals surface area (Å²) in [5.41, 5.74) is 21.9. The van der Waals surface area contributed by atoms with Crippen molar-refractivity contribution in [3.05, 3.63) is 273 Å². The van der Waals surface area contributed by atoms with Crippen LogP contribution in [-0.4, -0.2) is 11.6 Å². The van der Waals surface area contributed by atoms with Crippen LogP contribution >= 0.6 is 0 Å². The molecule has 0 bridgehead atoms. The van der Waals surface area contributed by atoms with Crippen LogP contribution < -0.4 is 0 Å². The summed E-state index contributed by atoms with van der Waals surface area (Å²) in [6.07, 6.45) is 0. The lowest BCUT2D eigenvalue weighted by Crippen LogP contribution is -2.26. The van der Waals surface area contributed by atoms with Crippen molar-refractivity contribution in [2.75, 3.05) is 0 Å². The summed E-state index contributed by atoms with van der Waals surface area (Å²) in [5.74, 6) is -0.141. The second kappa shape index (κ2) is 12.2. The van der Waals surface area contributed by atoms with Crippen molar-refractivity contribution in [2.24, 2.45) is 0 Å².